The van der Waals surface area contributed by atoms with Crippen LogP contribution in [0.3, 0.4) is 0 Å². The van der Waals surface area contributed by atoms with Crippen LogP contribution in [0.1, 0.15) is 74.2 Å². The van der Waals surface area contributed by atoms with Crippen LogP contribution in [0.25, 0.3) is 0 Å². The molecule has 0 aromatic heterocycles. The predicted molar refractivity (Wildman–Crippen MR) is 125 cm³/mol. The summed E-state index contributed by atoms with van der Waals surface area (Å²) in [6.45, 7) is 1.37. The van der Waals surface area contributed by atoms with Gasteiger partial charge in [0, 0.05) is 47.6 Å². The molecule has 0 radical (unpaired) electrons. The van der Waals surface area contributed by atoms with Crippen LogP contribution in [0.2, 0.25) is 0 Å². The zero-order valence-electron chi connectivity index (χ0n) is 19.8. The van der Waals surface area contributed by atoms with E-state index in [1.54, 1.807) is 6.21 Å². The number of aliphatic imine (C=N–C) groups is 1. The molecule has 2 fully saturated rings. The van der Waals surface area contributed by atoms with E-state index in [4.69, 9.17) is 0 Å². The molecule has 2 saturated carbocycles. The second-order valence-corrected chi connectivity index (χ2v) is 10.0. The first-order valence-electron chi connectivity index (χ1n) is 12.1. The van der Waals surface area contributed by atoms with Crippen LogP contribution in [-0.4, -0.2) is 46.9 Å². The molecule has 35 heavy (non-hydrogen) atoms. The normalized spacial score (nSPS) is 26.2. The van der Waals surface area contributed by atoms with Gasteiger partial charge >= 0.3 is 6.18 Å². The largest absolute Gasteiger partial charge is 0.421 e. The summed E-state index contributed by atoms with van der Waals surface area (Å²) in [5.74, 6) is -0.181. The van der Waals surface area contributed by atoms with Crippen molar-refractivity contribution in [2.75, 3.05) is 6.54 Å². The molecule has 2 N–H and O–H groups in total. The number of alkyl halides is 3. The van der Waals surface area contributed by atoms with E-state index in [2.05, 4.69) is 16.4 Å². The fourth-order valence-electron chi connectivity index (χ4n) is 5.32. The number of amides is 1. The van der Waals surface area contributed by atoms with Crippen LogP contribution >= 0.6 is 0 Å². The first-order chi connectivity index (χ1) is 16.6. The minimum atomic E-state index is -4.81. The van der Waals surface area contributed by atoms with Gasteiger partial charge in [-0.3, -0.25) is 9.79 Å². The van der Waals surface area contributed by atoms with E-state index < -0.39 is 11.8 Å². The average Bonchev–Trinajstić information content (AvgIpc) is 3.69. The van der Waals surface area contributed by atoms with Gasteiger partial charge in [0.25, 0.3) is 5.91 Å². The Kier molecular flexibility index (Phi) is 6.96. The Labute approximate surface area is 203 Å². The highest BCUT2D eigenvalue weighted by atomic mass is 19.4. The third kappa shape index (κ3) is 5.08. The van der Waals surface area contributed by atoms with Crippen molar-refractivity contribution in [3.05, 3.63) is 47.3 Å². The molecular formula is C26H31F3N4O2. The number of allylic oxidation sites excluding steroid dienone is 1. The van der Waals surface area contributed by atoms with Crippen LogP contribution in [0.15, 0.2) is 41.2 Å². The fraction of sp³-hybridized carbons (Fsp3) is 0.577. The molecule has 0 spiro atoms. The molecule has 188 valence electrons. The third-order valence-corrected chi connectivity index (χ3v) is 7.71. The number of halogens is 3. The number of nitrogens with zero attached hydrogens (tertiary/aromatic N) is 3. The lowest BCUT2D eigenvalue weighted by Crippen LogP contribution is -2.47. The number of hydrogen-bond acceptors (Lipinski definition) is 5. The molecule has 9 heteroatoms. The molecule has 1 amide bonds. The Morgan fingerprint density at radius 1 is 1.20 bits per heavy atom. The van der Waals surface area contributed by atoms with E-state index in [9.17, 15) is 28.3 Å². The lowest BCUT2D eigenvalue weighted by molar-refractivity contribution is -0.258. The van der Waals surface area contributed by atoms with Crippen LogP contribution in [-0.2, 0) is 5.60 Å². The molecule has 1 heterocycles. The minimum Gasteiger partial charge on any atom is -0.382 e. The van der Waals surface area contributed by atoms with Gasteiger partial charge in [0.2, 0.25) is 0 Å². The highest BCUT2D eigenvalue weighted by molar-refractivity contribution is 5.95. The Balaban J connectivity index is 1.50. The minimum absolute atomic E-state index is 0.0378. The van der Waals surface area contributed by atoms with Gasteiger partial charge in [-0.1, -0.05) is 12.1 Å². The van der Waals surface area contributed by atoms with E-state index in [0.29, 0.717) is 25.5 Å². The van der Waals surface area contributed by atoms with Crippen LogP contribution < -0.4 is 5.32 Å². The Morgan fingerprint density at radius 2 is 1.83 bits per heavy atom. The molecule has 1 aromatic carbocycles. The van der Waals surface area contributed by atoms with Gasteiger partial charge in [0.1, 0.15) is 0 Å². The molecule has 1 aliphatic heterocycles. The van der Waals surface area contributed by atoms with Crippen LogP contribution in [0.4, 0.5) is 13.2 Å². The maximum atomic E-state index is 13.5. The molecular weight excluding hydrogens is 457 g/mol. The van der Waals surface area contributed by atoms with E-state index in [1.165, 1.54) is 24.3 Å². The zero-order chi connectivity index (χ0) is 25.3. The maximum absolute atomic E-state index is 13.5. The number of carbonyl (C=O) groups is 1. The van der Waals surface area contributed by atoms with Crippen molar-refractivity contribution in [1.29, 1.82) is 5.26 Å². The summed E-state index contributed by atoms with van der Waals surface area (Å²) >= 11 is 0. The number of rotatable bonds is 7. The van der Waals surface area contributed by atoms with Gasteiger partial charge in [-0.15, -0.1) is 0 Å². The lowest BCUT2D eigenvalue weighted by Gasteiger charge is -2.45. The molecule has 1 aromatic rings. The summed E-state index contributed by atoms with van der Waals surface area (Å²) in [5.41, 5.74) is -2.05. The first-order valence-corrected chi connectivity index (χ1v) is 12.1. The molecule has 0 saturated heterocycles. The highest BCUT2D eigenvalue weighted by Crippen LogP contribution is 2.48. The second kappa shape index (κ2) is 9.65. The topological polar surface area (TPSA) is 88.7 Å². The number of hydrogen-bond donors (Lipinski definition) is 2. The highest BCUT2D eigenvalue weighted by Gasteiger charge is 2.51. The molecule has 1 atom stereocenters. The third-order valence-electron chi connectivity index (χ3n) is 7.71. The quantitative estimate of drug-likeness (QED) is 0.577. The summed E-state index contributed by atoms with van der Waals surface area (Å²) in [5, 5.41) is 22.5. The average molecular weight is 489 g/mol. The van der Waals surface area contributed by atoms with E-state index >= 15 is 0 Å². The van der Waals surface area contributed by atoms with Crippen LogP contribution in [0, 0.1) is 16.7 Å². The number of aliphatic hydroxyl groups is 1. The predicted octanol–water partition coefficient (Wildman–Crippen LogP) is 4.81. The Bertz CT molecular complexity index is 1030. The second-order valence-electron chi connectivity index (χ2n) is 10.0. The first kappa shape index (κ1) is 25.2. The van der Waals surface area contributed by atoms with Crippen molar-refractivity contribution in [2.45, 2.75) is 82.2 Å². The van der Waals surface area contributed by atoms with Gasteiger partial charge < -0.3 is 15.3 Å². The summed E-state index contributed by atoms with van der Waals surface area (Å²) in [6.07, 6.45) is 5.11. The summed E-state index contributed by atoms with van der Waals surface area (Å²) in [6, 6.07) is 7.56. The summed E-state index contributed by atoms with van der Waals surface area (Å²) < 4.78 is 39.5. The molecule has 0 bridgehead atoms. The summed E-state index contributed by atoms with van der Waals surface area (Å²) in [4.78, 5) is 19.7. The monoisotopic (exact) mass is 488 g/mol. The maximum Gasteiger partial charge on any atom is 0.421 e. The van der Waals surface area contributed by atoms with Gasteiger partial charge in [0.05, 0.1) is 12.6 Å². The number of nitriles is 1. The van der Waals surface area contributed by atoms with Gasteiger partial charge in [-0.05, 0) is 69.6 Å². The molecule has 3 aliphatic rings. The van der Waals surface area contributed by atoms with Crippen molar-refractivity contribution in [2.24, 2.45) is 10.4 Å². The standard InChI is InChI=1S/C26H31F3N4O2/c1-24(35,26(27,28)29)19-5-3-18(4-6-19)23(34)33(20-7-8-20)21-9-12-25(13-10-21,11-2-14-30)22-17-31-15-16-32-22/h3-6,15,17,20-21,32,35H,2,7-13,16H2,1H3/t21?,24-,25?/m0/s1. The fourth-order valence-corrected chi connectivity index (χ4v) is 5.32. The number of nitrogens with one attached hydrogen (secondary N) is 1. The van der Waals surface area contributed by atoms with Gasteiger partial charge in [-0.25, -0.2) is 0 Å². The lowest BCUT2D eigenvalue weighted by atomic mass is 9.67. The molecule has 4 rings (SSSR count). The van der Waals surface area contributed by atoms with E-state index in [-0.39, 0.29) is 29.0 Å². The van der Waals surface area contributed by atoms with Crippen molar-refractivity contribution in [1.82, 2.24) is 10.2 Å². The van der Waals surface area contributed by atoms with Crippen molar-refractivity contribution in [3.8, 4) is 6.07 Å². The Morgan fingerprint density at radius 3 is 2.34 bits per heavy atom. The molecule has 6 nitrogen and oxygen atoms in total. The van der Waals surface area contributed by atoms with Crippen molar-refractivity contribution >= 4 is 12.1 Å². The SMILES string of the molecule is C[C@](O)(c1ccc(C(=O)N(C2CC2)C2CCC(CCC#N)(C3=CN=CCN3)CC2)cc1)C(F)(F)F. The Hall–Kier alpha value is -2.86. The van der Waals surface area contributed by atoms with Crippen LogP contribution in [0.5, 0.6) is 0 Å². The van der Waals surface area contributed by atoms with Gasteiger partial charge in [0.15, 0.2) is 5.60 Å². The summed E-state index contributed by atoms with van der Waals surface area (Å²) in [7, 11) is 0. The zero-order valence-corrected chi connectivity index (χ0v) is 19.8. The molecule has 0 unspecified atom stereocenters. The number of carbonyl (C=O) groups excluding carboxylic acids is 1. The van der Waals surface area contributed by atoms with E-state index in [0.717, 1.165) is 50.6 Å². The number of benzene rings is 1. The van der Waals surface area contributed by atoms with E-state index in [1.807, 2.05) is 11.1 Å². The smallest absolute Gasteiger partial charge is 0.382 e. The van der Waals surface area contributed by atoms with Gasteiger partial charge in [-0.2, -0.15) is 18.4 Å². The van der Waals surface area contributed by atoms with Crippen molar-refractivity contribution in [3.63, 3.8) is 0 Å². The molecule has 2 aliphatic carbocycles. The van der Waals surface area contributed by atoms with Crippen molar-refractivity contribution < 1.29 is 23.1 Å².